The molecule has 5 heteroatoms. The van der Waals surface area contributed by atoms with Crippen LogP contribution in [-0.4, -0.2) is 29.3 Å². The zero-order chi connectivity index (χ0) is 14.4. The first-order chi connectivity index (χ1) is 9.70. The molecule has 0 bridgehead atoms. The van der Waals surface area contributed by atoms with Gasteiger partial charge in [-0.25, -0.2) is 4.68 Å². The third-order valence-electron chi connectivity index (χ3n) is 3.20. The summed E-state index contributed by atoms with van der Waals surface area (Å²) in [5.74, 6) is 0.0460. The number of rotatable bonds is 6. The molecular weight excluding hydrogens is 252 g/mol. The van der Waals surface area contributed by atoms with E-state index in [0.717, 1.165) is 11.3 Å². The van der Waals surface area contributed by atoms with Crippen molar-refractivity contribution in [3.8, 4) is 5.69 Å². The van der Waals surface area contributed by atoms with E-state index < -0.39 is 0 Å². The van der Waals surface area contributed by atoms with Crippen LogP contribution in [0.3, 0.4) is 0 Å². The first-order valence-corrected chi connectivity index (χ1v) is 6.74. The standard InChI is InChI=1S/C15H20N4O/c1-12(17-9-8-15(20)16-2)13-10-18-19(11-13)14-6-4-3-5-7-14/h3-7,10-12,17H,8-9H2,1-2H3,(H,16,20). The van der Waals surface area contributed by atoms with Crippen molar-refractivity contribution in [2.45, 2.75) is 19.4 Å². The Hall–Kier alpha value is -2.14. The van der Waals surface area contributed by atoms with E-state index in [1.807, 2.05) is 47.4 Å². The lowest BCUT2D eigenvalue weighted by Gasteiger charge is -2.11. The Labute approximate surface area is 119 Å². The van der Waals surface area contributed by atoms with Gasteiger partial charge in [-0.05, 0) is 19.1 Å². The molecule has 2 N–H and O–H groups in total. The van der Waals surface area contributed by atoms with E-state index in [4.69, 9.17) is 0 Å². The molecule has 0 spiro atoms. The number of carbonyl (C=O) groups is 1. The maximum absolute atomic E-state index is 11.2. The van der Waals surface area contributed by atoms with Gasteiger partial charge in [0.2, 0.25) is 5.91 Å². The molecule has 106 valence electrons. The second-order valence-electron chi connectivity index (χ2n) is 4.65. The van der Waals surface area contributed by atoms with E-state index in [1.165, 1.54) is 0 Å². The number of amides is 1. The summed E-state index contributed by atoms with van der Waals surface area (Å²) < 4.78 is 1.85. The quantitative estimate of drug-likeness (QED) is 0.841. The topological polar surface area (TPSA) is 59.0 Å². The molecule has 0 aliphatic carbocycles. The van der Waals surface area contributed by atoms with Gasteiger partial charge in [-0.1, -0.05) is 18.2 Å². The molecular formula is C15H20N4O. The van der Waals surface area contributed by atoms with E-state index in [9.17, 15) is 4.79 Å². The Balaban J connectivity index is 1.93. The minimum absolute atomic E-state index is 0.0460. The van der Waals surface area contributed by atoms with Crippen molar-refractivity contribution >= 4 is 5.91 Å². The molecule has 1 atom stereocenters. The average molecular weight is 272 g/mol. The van der Waals surface area contributed by atoms with Crippen LogP contribution in [0.2, 0.25) is 0 Å². The molecule has 1 unspecified atom stereocenters. The number of nitrogens with one attached hydrogen (secondary N) is 2. The van der Waals surface area contributed by atoms with Gasteiger partial charge >= 0.3 is 0 Å². The summed E-state index contributed by atoms with van der Waals surface area (Å²) in [5.41, 5.74) is 2.14. The molecule has 1 heterocycles. The van der Waals surface area contributed by atoms with Crippen molar-refractivity contribution in [3.05, 3.63) is 48.3 Å². The van der Waals surface area contributed by atoms with E-state index in [1.54, 1.807) is 7.05 Å². The number of nitrogens with zero attached hydrogens (tertiary/aromatic N) is 2. The van der Waals surface area contributed by atoms with Crippen LogP contribution in [0.5, 0.6) is 0 Å². The van der Waals surface area contributed by atoms with Crippen molar-refractivity contribution < 1.29 is 4.79 Å². The fourth-order valence-corrected chi connectivity index (χ4v) is 1.93. The lowest BCUT2D eigenvalue weighted by atomic mass is 10.2. The Morgan fingerprint density at radius 3 is 2.80 bits per heavy atom. The largest absolute Gasteiger partial charge is 0.359 e. The first kappa shape index (κ1) is 14.3. The van der Waals surface area contributed by atoms with Crippen LogP contribution in [0.4, 0.5) is 0 Å². The summed E-state index contributed by atoms with van der Waals surface area (Å²) >= 11 is 0. The molecule has 0 radical (unpaired) electrons. The molecule has 20 heavy (non-hydrogen) atoms. The second kappa shape index (κ2) is 6.86. The number of aromatic nitrogens is 2. The Bertz CT molecular complexity index is 550. The van der Waals surface area contributed by atoms with Gasteiger partial charge in [-0.3, -0.25) is 4.79 Å². The van der Waals surface area contributed by atoms with E-state index in [0.29, 0.717) is 13.0 Å². The van der Waals surface area contributed by atoms with Crippen LogP contribution in [0.1, 0.15) is 24.9 Å². The minimum Gasteiger partial charge on any atom is -0.359 e. The summed E-state index contributed by atoms with van der Waals surface area (Å²) in [6, 6.07) is 10.2. The highest BCUT2D eigenvalue weighted by molar-refractivity contribution is 5.75. The van der Waals surface area contributed by atoms with Crippen molar-refractivity contribution in [1.82, 2.24) is 20.4 Å². The fourth-order valence-electron chi connectivity index (χ4n) is 1.93. The van der Waals surface area contributed by atoms with Gasteiger partial charge in [0.25, 0.3) is 0 Å². The SMILES string of the molecule is CNC(=O)CCNC(C)c1cnn(-c2ccccc2)c1. The fraction of sp³-hybridized carbons (Fsp3) is 0.333. The smallest absolute Gasteiger partial charge is 0.221 e. The molecule has 5 nitrogen and oxygen atoms in total. The maximum atomic E-state index is 11.2. The molecule has 0 saturated carbocycles. The predicted octanol–water partition coefficient (Wildman–Crippen LogP) is 1.66. The Kier molecular flexibility index (Phi) is 4.90. The predicted molar refractivity (Wildman–Crippen MR) is 78.7 cm³/mol. The van der Waals surface area contributed by atoms with Crippen LogP contribution < -0.4 is 10.6 Å². The van der Waals surface area contributed by atoms with Crippen molar-refractivity contribution in [1.29, 1.82) is 0 Å². The second-order valence-corrected chi connectivity index (χ2v) is 4.65. The summed E-state index contributed by atoms with van der Waals surface area (Å²) in [6.07, 6.45) is 4.34. The minimum atomic E-state index is 0.0460. The normalized spacial score (nSPS) is 12.1. The molecule has 1 aromatic heterocycles. The zero-order valence-corrected chi connectivity index (χ0v) is 11.8. The van der Waals surface area contributed by atoms with Gasteiger partial charge in [-0.2, -0.15) is 5.10 Å². The first-order valence-electron chi connectivity index (χ1n) is 6.74. The average Bonchev–Trinajstić information content (AvgIpc) is 2.97. The van der Waals surface area contributed by atoms with Crippen LogP contribution >= 0.6 is 0 Å². The van der Waals surface area contributed by atoms with Crippen LogP contribution in [-0.2, 0) is 4.79 Å². The summed E-state index contributed by atoms with van der Waals surface area (Å²) in [6.45, 7) is 2.72. The Morgan fingerprint density at radius 2 is 2.10 bits per heavy atom. The number of hydrogen-bond acceptors (Lipinski definition) is 3. The zero-order valence-electron chi connectivity index (χ0n) is 11.8. The van der Waals surface area contributed by atoms with Crippen molar-refractivity contribution in [2.75, 3.05) is 13.6 Å². The monoisotopic (exact) mass is 272 g/mol. The van der Waals surface area contributed by atoms with E-state index >= 15 is 0 Å². The van der Waals surface area contributed by atoms with Gasteiger partial charge < -0.3 is 10.6 Å². The molecule has 1 aromatic carbocycles. The molecule has 0 fully saturated rings. The Morgan fingerprint density at radius 1 is 1.35 bits per heavy atom. The highest BCUT2D eigenvalue weighted by Gasteiger charge is 2.08. The lowest BCUT2D eigenvalue weighted by Crippen LogP contribution is -2.26. The van der Waals surface area contributed by atoms with Gasteiger partial charge in [0.05, 0.1) is 11.9 Å². The number of carbonyl (C=O) groups excluding carboxylic acids is 1. The number of hydrogen-bond donors (Lipinski definition) is 2. The summed E-state index contributed by atoms with van der Waals surface area (Å²) in [5, 5.41) is 10.3. The van der Waals surface area contributed by atoms with Crippen LogP contribution in [0.25, 0.3) is 5.69 Å². The molecule has 0 saturated heterocycles. The highest BCUT2D eigenvalue weighted by Crippen LogP contribution is 2.14. The van der Waals surface area contributed by atoms with Crippen molar-refractivity contribution in [3.63, 3.8) is 0 Å². The van der Waals surface area contributed by atoms with Crippen LogP contribution in [0.15, 0.2) is 42.7 Å². The summed E-state index contributed by atoms with van der Waals surface area (Å²) in [4.78, 5) is 11.2. The van der Waals surface area contributed by atoms with Crippen LogP contribution in [0, 0.1) is 0 Å². The van der Waals surface area contributed by atoms with Gasteiger partial charge in [-0.15, -0.1) is 0 Å². The molecule has 0 aliphatic heterocycles. The lowest BCUT2D eigenvalue weighted by molar-refractivity contribution is -0.120. The van der Waals surface area contributed by atoms with Gasteiger partial charge in [0.15, 0.2) is 0 Å². The van der Waals surface area contributed by atoms with E-state index in [-0.39, 0.29) is 11.9 Å². The number of benzene rings is 1. The highest BCUT2D eigenvalue weighted by atomic mass is 16.1. The summed E-state index contributed by atoms with van der Waals surface area (Å²) in [7, 11) is 1.65. The third-order valence-corrected chi connectivity index (χ3v) is 3.20. The third kappa shape index (κ3) is 3.68. The van der Waals surface area contributed by atoms with Gasteiger partial charge in [0, 0.05) is 37.8 Å². The molecule has 2 rings (SSSR count). The molecule has 2 aromatic rings. The van der Waals surface area contributed by atoms with Crippen molar-refractivity contribution in [2.24, 2.45) is 0 Å². The van der Waals surface area contributed by atoms with E-state index in [2.05, 4.69) is 22.7 Å². The number of para-hydroxylation sites is 1. The maximum Gasteiger partial charge on any atom is 0.221 e. The molecule has 1 amide bonds. The molecule has 0 aliphatic rings. The van der Waals surface area contributed by atoms with Gasteiger partial charge in [0.1, 0.15) is 0 Å².